The Morgan fingerprint density at radius 2 is 2.11 bits per heavy atom. The number of amides is 2. The number of benzene rings is 1. The molecule has 0 aromatic heterocycles. The highest BCUT2D eigenvalue weighted by Gasteiger charge is 2.19. The van der Waals surface area contributed by atoms with Gasteiger partial charge in [-0.1, -0.05) is 11.6 Å². The molecule has 104 valence electrons. The van der Waals surface area contributed by atoms with E-state index in [0.717, 1.165) is 0 Å². The van der Waals surface area contributed by atoms with Crippen LogP contribution in [-0.4, -0.2) is 34.9 Å². The number of hydrogen-bond donors (Lipinski definition) is 4. The van der Waals surface area contributed by atoms with E-state index in [2.05, 4.69) is 26.6 Å². The molecular weight excluding hydrogens is 339 g/mol. The molecule has 0 unspecified atom stereocenters. The average molecular weight is 352 g/mol. The van der Waals surface area contributed by atoms with E-state index < -0.39 is 18.0 Å². The summed E-state index contributed by atoms with van der Waals surface area (Å²) in [7, 11) is 0. The number of anilines is 1. The third-order valence-corrected chi connectivity index (χ3v) is 3.43. The monoisotopic (exact) mass is 350 g/mol. The van der Waals surface area contributed by atoms with E-state index in [1.807, 2.05) is 0 Å². The number of carbonyl (C=O) groups is 2. The van der Waals surface area contributed by atoms with Crippen LogP contribution < -0.4 is 10.6 Å². The van der Waals surface area contributed by atoms with E-state index in [9.17, 15) is 9.59 Å². The molecule has 2 amide bonds. The van der Waals surface area contributed by atoms with Gasteiger partial charge in [0.05, 0.1) is 5.02 Å². The van der Waals surface area contributed by atoms with Gasteiger partial charge in [-0.25, -0.2) is 9.59 Å². The zero-order valence-corrected chi connectivity index (χ0v) is 12.0. The molecule has 0 radical (unpaired) electrons. The summed E-state index contributed by atoms with van der Waals surface area (Å²) in [4.78, 5) is 22.4. The lowest BCUT2D eigenvalue weighted by molar-refractivity contribution is -0.139. The lowest BCUT2D eigenvalue weighted by Gasteiger charge is -2.14. The fraction of sp³-hybridized carbons (Fsp3) is 0.273. The minimum Gasteiger partial charge on any atom is -0.480 e. The van der Waals surface area contributed by atoms with Gasteiger partial charge in [-0.15, -0.1) is 0 Å². The van der Waals surface area contributed by atoms with E-state index in [1.54, 1.807) is 12.1 Å². The summed E-state index contributed by atoms with van der Waals surface area (Å²) in [5.74, 6) is -1.21. The average Bonchev–Trinajstić information content (AvgIpc) is 2.33. The van der Waals surface area contributed by atoms with Gasteiger partial charge < -0.3 is 20.8 Å². The van der Waals surface area contributed by atoms with Crippen molar-refractivity contribution in [1.82, 2.24) is 5.32 Å². The molecule has 6 nitrogen and oxygen atoms in total. The molecule has 0 aliphatic heterocycles. The van der Waals surface area contributed by atoms with Gasteiger partial charge in [0, 0.05) is 23.2 Å². The van der Waals surface area contributed by atoms with Crippen LogP contribution in [0.15, 0.2) is 22.7 Å². The topological polar surface area (TPSA) is 98.7 Å². The van der Waals surface area contributed by atoms with Crippen molar-refractivity contribution in [3.8, 4) is 0 Å². The second-order valence-electron chi connectivity index (χ2n) is 3.63. The van der Waals surface area contributed by atoms with Crippen LogP contribution in [0.25, 0.3) is 0 Å². The van der Waals surface area contributed by atoms with Crippen LogP contribution in [0.1, 0.15) is 6.42 Å². The third-order valence-electron chi connectivity index (χ3n) is 2.20. The van der Waals surface area contributed by atoms with Crippen LogP contribution in [0, 0.1) is 0 Å². The summed E-state index contributed by atoms with van der Waals surface area (Å²) in [6.07, 6.45) is -0.0656. The molecule has 1 aromatic carbocycles. The van der Waals surface area contributed by atoms with Crippen molar-refractivity contribution in [2.24, 2.45) is 0 Å². The minimum absolute atomic E-state index is 0.0656. The van der Waals surface area contributed by atoms with Crippen molar-refractivity contribution in [2.45, 2.75) is 12.5 Å². The lowest BCUT2D eigenvalue weighted by atomic mass is 10.2. The Hall–Kier alpha value is -1.31. The van der Waals surface area contributed by atoms with Crippen LogP contribution in [0.2, 0.25) is 5.02 Å². The van der Waals surface area contributed by atoms with Crippen LogP contribution in [0.4, 0.5) is 10.5 Å². The number of carbonyl (C=O) groups excluding carboxylic acids is 1. The number of carboxylic acid groups (broad SMARTS) is 1. The Kier molecular flexibility index (Phi) is 6.07. The van der Waals surface area contributed by atoms with E-state index in [1.165, 1.54) is 6.07 Å². The van der Waals surface area contributed by atoms with Gasteiger partial charge in [-0.05, 0) is 34.1 Å². The van der Waals surface area contributed by atoms with Gasteiger partial charge in [0.25, 0.3) is 0 Å². The number of urea groups is 1. The molecule has 0 bridgehead atoms. The van der Waals surface area contributed by atoms with Crippen molar-refractivity contribution in [3.05, 3.63) is 27.7 Å². The van der Waals surface area contributed by atoms with Gasteiger partial charge in [-0.3, -0.25) is 0 Å². The molecule has 1 atom stereocenters. The molecule has 0 spiro atoms. The molecule has 8 heteroatoms. The first-order valence-electron chi connectivity index (χ1n) is 5.30. The molecule has 0 aliphatic carbocycles. The maximum Gasteiger partial charge on any atom is 0.326 e. The predicted molar refractivity (Wildman–Crippen MR) is 74.4 cm³/mol. The lowest BCUT2D eigenvalue weighted by Crippen LogP contribution is -2.43. The van der Waals surface area contributed by atoms with Crippen molar-refractivity contribution in [1.29, 1.82) is 0 Å². The second kappa shape index (κ2) is 7.32. The van der Waals surface area contributed by atoms with Crippen LogP contribution in [-0.2, 0) is 4.79 Å². The highest BCUT2D eigenvalue weighted by Crippen LogP contribution is 2.25. The third kappa shape index (κ3) is 5.06. The summed E-state index contributed by atoms with van der Waals surface area (Å²) in [6, 6.07) is 2.96. The SMILES string of the molecule is O=C(Nc1ccc(Br)c(Cl)c1)N[C@H](CCO)C(=O)O. The summed E-state index contributed by atoms with van der Waals surface area (Å²) >= 11 is 9.07. The number of rotatable bonds is 5. The highest BCUT2D eigenvalue weighted by atomic mass is 79.9. The Morgan fingerprint density at radius 3 is 2.63 bits per heavy atom. The van der Waals surface area contributed by atoms with E-state index in [-0.39, 0.29) is 13.0 Å². The number of aliphatic hydroxyl groups excluding tert-OH is 1. The van der Waals surface area contributed by atoms with E-state index in [4.69, 9.17) is 21.8 Å². The zero-order valence-electron chi connectivity index (χ0n) is 9.69. The number of hydrogen-bond acceptors (Lipinski definition) is 3. The Morgan fingerprint density at radius 1 is 1.42 bits per heavy atom. The summed E-state index contributed by atoms with van der Waals surface area (Å²) in [6.45, 7) is -0.332. The standard InChI is InChI=1S/C11H12BrClN2O4/c12-7-2-1-6(5-8(7)13)14-11(19)15-9(3-4-16)10(17)18/h1-2,5,9,16H,3-4H2,(H,17,18)(H2,14,15,19)/t9-/m1/s1. The molecule has 1 rings (SSSR count). The number of aliphatic hydroxyl groups is 1. The Balaban J connectivity index is 2.63. The van der Waals surface area contributed by atoms with Crippen LogP contribution in [0.3, 0.4) is 0 Å². The fourth-order valence-corrected chi connectivity index (χ4v) is 1.71. The Labute approximate surface area is 122 Å². The summed E-state index contributed by atoms with van der Waals surface area (Å²) < 4.78 is 0.684. The molecular formula is C11H12BrClN2O4. The van der Waals surface area contributed by atoms with Gasteiger partial charge in [-0.2, -0.15) is 0 Å². The smallest absolute Gasteiger partial charge is 0.326 e. The normalized spacial score (nSPS) is 11.7. The van der Waals surface area contributed by atoms with Crippen LogP contribution >= 0.6 is 27.5 Å². The molecule has 0 heterocycles. The van der Waals surface area contributed by atoms with Gasteiger partial charge in [0.1, 0.15) is 6.04 Å². The van der Waals surface area contributed by atoms with Gasteiger partial charge in [0.15, 0.2) is 0 Å². The first-order valence-corrected chi connectivity index (χ1v) is 6.47. The minimum atomic E-state index is -1.21. The molecule has 0 saturated heterocycles. The first-order chi connectivity index (χ1) is 8.93. The molecule has 19 heavy (non-hydrogen) atoms. The van der Waals surface area contributed by atoms with Crippen molar-refractivity contribution in [3.63, 3.8) is 0 Å². The molecule has 0 saturated carbocycles. The first kappa shape index (κ1) is 15.7. The molecule has 4 N–H and O–H groups in total. The number of carboxylic acids is 1. The maximum atomic E-state index is 11.6. The molecule has 0 aliphatic rings. The quantitative estimate of drug-likeness (QED) is 0.652. The molecule has 0 fully saturated rings. The number of nitrogens with one attached hydrogen (secondary N) is 2. The van der Waals surface area contributed by atoms with Gasteiger partial charge >= 0.3 is 12.0 Å². The summed E-state index contributed by atoms with van der Waals surface area (Å²) in [5, 5.41) is 22.6. The van der Waals surface area contributed by atoms with Crippen LogP contribution in [0.5, 0.6) is 0 Å². The van der Waals surface area contributed by atoms with Crippen molar-refractivity contribution >= 4 is 45.2 Å². The van der Waals surface area contributed by atoms with Crippen molar-refractivity contribution in [2.75, 3.05) is 11.9 Å². The highest BCUT2D eigenvalue weighted by molar-refractivity contribution is 9.10. The predicted octanol–water partition coefficient (Wildman–Crippen LogP) is 2.06. The van der Waals surface area contributed by atoms with E-state index in [0.29, 0.717) is 15.2 Å². The fourth-order valence-electron chi connectivity index (χ4n) is 1.29. The van der Waals surface area contributed by atoms with Gasteiger partial charge in [0.2, 0.25) is 0 Å². The van der Waals surface area contributed by atoms with Crippen molar-refractivity contribution < 1.29 is 19.8 Å². The second-order valence-corrected chi connectivity index (χ2v) is 4.89. The number of halogens is 2. The summed E-state index contributed by atoms with van der Waals surface area (Å²) in [5.41, 5.74) is 0.429. The zero-order chi connectivity index (χ0) is 14.4. The van der Waals surface area contributed by atoms with E-state index >= 15 is 0 Å². The Bertz CT molecular complexity index is 484. The largest absolute Gasteiger partial charge is 0.480 e. The maximum absolute atomic E-state index is 11.6. The number of aliphatic carboxylic acids is 1. The molecule has 1 aromatic rings.